The van der Waals surface area contributed by atoms with Crippen LogP contribution in [-0.2, 0) is 6.61 Å². The molecule has 4 rings (SSSR count). The van der Waals surface area contributed by atoms with Crippen LogP contribution in [0.25, 0.3) is 0 Å². The molecule has 0 bridgehead atoms. The first-order chi connectivity index (χ1) is 16.5. The number of non-ortho nitro benzene ring substituents is 1. The van der Waals surface area contributed by atoms with Gasteiger partial charge in [-0.3, -0.25) is 24.7 Å². The molecule has 0 spiro atoms. The molecule has 0 radical (unpaired) electrons. The molecule has 0 unspecified atom stereocenters. The topological polar surface area (TPSA) is 111 Å². The Morgan fingerprint density at radius 3 is 2.44 bits per heavy atom. The summed E-state index contributed by atoms with van der Waals surface area (Å²) in [6.07, 6.45) is 3.36. The fraction of sp³-hybridized carbons (Fsp3) is 0.0385. The molecule has 1 aromatic heterocycles. The van der Waals surface area contributed by atoms with E-state index in [0.29, 0.717) is 16.9 Å². The molecular formula is C26H19N3O5. The third-order valence-corrected chi connectivity index (χ3v) is 4.97. The average molecular weight is 453 g/mol. The van der Waals surface area contributed by atoms with E-state index >= 15 is 0 Å². The Balaban J connectivity index is 1.57. The highest BCUT2D eigenvalue weighted by atomic mass is 16.6. The minimum atomic E-state index is -0.587. The van der Waals surface area contributed by atoms with E-state index in [4.69, 9.17) is 4.74 Å². The Hall–Kier alpha value is -4.85. The van der Waals surface area contributed by atoms with Crippen LogP contribution in [0.4, 0.5) is 11.4 Å². The van der Waals surface area contributed by atoms with Gasteiger partial charge in [-0.05, 0) is 30.3 Å². The van der Waals surface area contributed by atoms with Crippen LogP contribution in [0.1, 0.15) is 31.8 Å². The number of amides is 1. The number of nitro groups is 1. The first-order valence-electron chi connectivity index (χ1n) is 10.3. The van der Waals surface area contributed by atoms with E-state index in [-0.39, 0.29) is 23.5 Å². The van der Waals surface area contributed by atoms with Crippen LogP contribution in [0, 0.1) is 10.1 Å². The van der Waals surface area contributed by atoms with Gasteiger partial charge < -0.3 is 10.1 Å². The predicted octanol–water partition coefficient (Wildman–Crippen LogP) is 5.05. The van der Waals surface area contributed by atoms with E-state index < -0.39 is 16.6 Å². The van der Waals surface area contributed by atoms with Crippen LogP contribution in [0.5, 0.6) is 5.75 Å². The van der Waals surface area contributed by atoms with E-state index in [1.807, 2.05) is 6.07 Å². The van der Waals surface area contributed by atoms with Gasteiger partial charge in [0, 0.05) is 41.2 Å². The van der Waals surface area contributed by atoms with Gasteiger partial charge in [0.15, 0.2) is 5.78 Å². The fourth-order valence-corrected chi connectivity index (χ4v) is 3.26. The molecule has 1 amide bonds. The average Bonchev–Trinajstić information content (AvgIpc) is 2.88. The third kappa shape index (κ3) is 5.31. The van der Waals surface area contributed by atoms with E-state index in [0.717, 1.165) is 5.56 Å². The van der Waals surface area contributed by atoms with Crippen LogP contribution in [0.2, 0.25) is 0 Å². The van der Waals surface area contributed by atoms with Crippen molar-refractivity contribution in [3.63, 3.8) is 0 Å². The third-order valence-electron chi connectivity index (χ3n) is 4.97. The van der Waals surface area contributed by atoms with Crippen LogP contribution in [0.3, 0.4) is 0 Å². The Kier molecular flexibility index (Phi) is 6.69. The Labute approximate surface area is 195 Å². The van der Waals surface area contributed by atoms with Crippen molar-refractivity contribution in [3.05, 3.63) is 130 Å². The minimum Gasteiger partial charge on any atom is -0.489 e. The zero-order chi connectivity index (χ0) is 23.9. The number of nitrogens with zero attached hydrogens (tertiary/aromatic N) is 2. The van der Waals surface area contributed by atoms with Gasteiger partial charge in [-0.15, -0.1) is 0 Å². The second-order valence-corrected chi connectivity index (χ2v) is 7.31. The second kappa shape index (κ2) is 10.2. The summed E-state index contributed by atoms with van der Waals surface area (Å²) >= 11 is 0. The first-order valence-corrected chi connectivity index (χ1v) is 10.3. The van der Waals surface area contributed by atoms with Gasteiger partial charge in [0.05, 0.1) is 16.2 Å². The number of nitrogens with one attached hydrogen (secondary N) is 1. The van der Waals surface area contributed by atoms with Crippen molar-refractivity contribution >= 4 is 23.1 Å². The van der Waals surface area contributed by atoms with Gasteiger partial charge in [0.1, 0.15) is 12.4 Å². The Morgan fingerprint density at radius 2 is 1.71 bits per heavy atom. The monoisotopic (exact) mass is 453 g/mol. The number of rotatable bonds is 8. The molecule has 0 saturated heterocycles. The molecular weight excluding hydrogens is 434 g/mol. The zero-order valence-electron chi connectivity index (χ0n) is 17.9. The lowest BCUT2D eigenvalue weighted by atomic mass is 10.0. The van der Waals surface area contributed by atoms with Crippen LogP contribution in [-0.4, -0.2) is 21.6 Å². The van der Waals surface area contributed by atoms with Gasteiger partial charge in [-0.2, -0.15) is 0 Å². The SMILES string of the molecule is O=C(Nc1ccc([N+](=O)[O-])cc1C(=O)c1ccccc1)c1cccc(OCc2cccnc2)c1. The molecule has 0 aliphatic heterocycles. The lowest BCUT2D eigenvalue weighted by Crippen LogP contribution is -2.15. The first kappa shape index (κ1) is 22.3. The summed E-state index contributed by atoms with van der Waals surface area (Å²) in [6.45, 7) is 0.289. The van der Waals surface area contributed by atoms with Crippen molar-refractivity contribution in [2.45, 2.75) is 6.61 Å². The number of hydrogen-bond donors (Lipinski definition) is 1. The van der Waals surface area contributed by atoms with Crippen molar-refractivity contribution in [1.82, 2.24) is 4.98 Å². The Morgan fingerprint density at radius 1 is 0.912 bits per heavy atom. The van der Waals surface area contributed by atoms with E-state index in [2.05, 4.69) is 10.3 Å². The molecule has 1 heterocycles. The van der Waals surface area contributed by atoms with E-state index in [1.54, 1.807) is 73.1 Å². The molecule has 168 valence electrons. The lowest BCUT2D eigenvalue weighted by molar-refractivity contribution is -0.384. The maximum Gasteiger partial charge on any atom is 0.270 e. The molecule has 0 saturated carbocycles. The summed E-state index contributed by atoms with van der Waals surface area (Å²) in [7, 11) is 0. The molecule has 0 fully saturated rings. The lowest BCUT2D eigenvalue weighted by Gasteiger charge is -2.12. The number of hydrogen-bond acceptors (Lipinski definition) is 6. The van der Waals surface area contributed by atoms with Gasteiger partial charge >= 0.3 is 0 Å². The van der Waals surface area contributed by atoms with Crippen LogP contribution < -0.4 is 10.1 Å². The molecule has 34 heavy (non-hydrogen) atoms. The Bertz CT molecular complexity index is 1340. The highest BCUT2D eigenvalue weighted by Gasteiger charge is 2.20. The van der Waals surface area contributed by atoms with Crippen LogP contribution in [0.15, 0.2) is 97.3 Å². The number of ether oxygens (including phenoxy) is 1. The van der Waals surface area contributed by atoms with Crippen LogP contribution >= 0.6 is 0 Å². The summed E-state index contributed by atoms with van der Waals surface area (Å²) in [5.41, 5.74) is 1.49. The van der Waals surface area contributed by atoms with E-state index in [9.17, 15) is 19.7 Å². The highest BCUT2D eigenvalue weighted by Crippen LogP contribution is 2.26. The molecule has 3 aromatic carbocycles. The molecule has 0 atom stereocenters. The van der Waals surface area contributed by atoms with Crippen molar-refractivity contribution < 1.29 is 19.2 Å². The molecule has 1 N–H and O–H groups in total. The van der Waals surface area contributed by atoms with Crippen molar-refractivity contribution in [3.8, 4) is 5.75 Å². The predicted molar refractivity (Wildman–Crippen MR) is 126 cm³/mol. The summed E-state index contributed by atoms with van der Waals surface area (Å²) < 4.78 is 5.75. The zero-order valence-corrected chi connectivity index (χ0v) is 17.9. The molecule has 0 aliphatic rings. The number of nitro benzene ring substituents is 1. The second-order valence-electron chi connectivity index (χ2n) is 7.31. The van der Waals surface area contributed by atoms with Crippen molar-refractivity contribution in [2.24, 2.45) is 0 Å². The number of carbonyl (C=O) groups excluding carboxylic acids is 2. The summed E-state index contributed by atoms with van der Waals surface area (Å²) in [6, 6.07) is 22.4. The number of anilines is 1. The highest BCUT2D eigenvalue weighted by molar-refractivity contribution is 6.15. The van der Waals surface area contributed by atoms with Gasteiger partial charge in [0.2, 0.25) is 0 Å². The quantitative estimate of drug-likeness (QED) is 0.227. The molecule has 8 nitrogen and oxygen atoms in total. The number of ketones is 1. The van der Waals surface area contributed by atoms with Crippen molar-refractivity contribution in [2.75, 3.05) is 5.32 Å². The molecule has 4 aromatic rings. The maximum atomic E-state index is 13.0. The van der Waals surface area contributed by atoms with E-state index in [1.165, 1.54) is 18.2 Å². The normalized spacial score (nSPS) is 10.4. The smallest absolute Gasteiger partial charge is 0.270 e. The number of carbonyl (C=O) groups is 2. The summed E-state index contributed by atoms with van der Waals surface area (Å²) in [5, 5.41) is 14.0. The number of pyridine rings is 1. The standard InChI is InChI=1S/C26H19N3O5/c30-25(19-7-2-1-3-8-19)23-15-21(29(32)33)11-12-24(23)28-26(31)20-9-4-10-22(14-20)34-17-18-6-5-13-27-16-18/h1-16H,17H2,(H,28,31). The number of benzene rings is 3. The largest absolute Gasteiger partial charge is 0.489 e. The minimum absolute atomic E-state index is 0.0257. The van der Waals surface area contributed by atoms with Crippen molar-refractivity contribution in [1.29, 1.82) is 0 Å². The van der Waals surface area contributed by atoms with Gasteiger partial charge in [0.25, 0.3) is 11.6 Å². The van der Waals surface area contributed by atoms with Gasteiger partial charge in [-0.25, -0.2) is 0 Å². The molecule has 0 aliphatic carbocycles. The fourth-order valence-electron chi connectivity index (χ4n) is 3.26. The number of aromatic nitrogens is 1. The van der Waals surface area contributed by atoms with Gasteiger partial charge in [-0.1, -0.05) is 42.5 Å². The summed E-state index contributed by atoms with van der Waals surface area (Å²) in [5.74, 6) is -0.434. The molecule has 8 heteroatoms. The maximum absolute atomic E-state index is 13.0. The summed E-state index contributed by atoms with van der Waals surface area (Å²) in [4.78, 5) is 40.7.